The summed E-state index contributed by atoms with van der Waals surface area (Å²) in [5.74, 6) is 0.370. The van der Waals surface area contributed by atoms with Crippen LogP contribution in [0.15, 0.2) is 35.0 Å². The van der Waals surface area contributed by atoms with Crippen molar-refractivity contribution in [2.45, 2.75) is 12.5 Å². The van der Waals surface area contributed by atoms with Crippen molar-refractivity contribution >= 4 is 11.0 Å². The van der Waals surface area contributed by atoms with Gasteiger partial charge in [-0.05, 0) is 12.1 Å². The lowest BCUT2D eigenvalue weighted by Crippen LogP contribution is -2.30. The summed E-state index contributed by atoms with van der Waals surface area (Å²) in [6, 6.07) is 6.70. The maximum atomic E-state index is 13.7. The molecular weight excluding hydrogens is 245 g/mol. The van der Waals surface area contributed by atoms with Crippen molar-refractivity contribution in [1.29, 1.82) is 0 Å². The van der Waals surface area contributed by atoms with E-state index in [1.165, 1.54) is 6.07 Å². The lowest BCUT2D eigenvalue weighted by atomic mass is 10.0. The number of furan rings is 1. The van der Waals surface area contributed by atoms with Crippen LogP contribution in [0.2, 0.25) is 0 Å². The number of para-hydroxylation sites is 1. The summed E-state index contributed by atoms with van der Waals surface area (Å²) in [6.07, 6.45) is 2.61. The maximum Gasteiger partial charge on any atom is 0.169 e. The van der Waals surface area contributed by atoms with Crippen LogP contribution >= 0.6 is 0 Å². The minimum absolute atomic E-state index is 0.109. The molecule has 2 N–H and O–H groups in total. The van der Waals surface area contributed by atoms with Gasteiger partial charge in [-0.25, -0.2) is 9.37 Å². The van der Waals surface area contributed by atoms with E-state index >= 15 is 0 Å². The highest BCUT2D eigenvalue weighted by Crippen LogP contribution is 2.31. The normalized spacial score (nSPS) is 18.7. The molecule has 5 heteroatoms. The molecule has 0 fully saturated rings. The topological polar surface area (TPSA) is 53.9 Å². The molecule has 19 heavy (non-hydrogen) atoms. The van der Waals surface area contributed by atoms with E-state index in [9.17, 15) is 4.39 Å². The van der Waals surface area contributed by atoms with E-state index in [2.05, 4.69) is 15.3 Å². The number of benzene rings is 1. The van der Waals surface area contributed by atoms with E-state index in [-0.39, 0.29) is 11.9 Å². The molecule has 0 bridgehead atoms. The highest BCUT2D eigenvalue weighted by atomic mass is 19.1. The number of imidazole rings is 1. The van der Waals surface area contributed by atoms with E-state index in [1.54, 1.807) is 12.4 Å². The van der Waals surface area contributed by atoms with Crippen LogP contribution in [0.4, 0.5) is 4.39 Å². The van der Waals surface area contributed by atoms with Gasteiger partial charge in [0.25, 0.3) is 0 Å². The first-order valence-corrected chi connectivity index (χ1v) is 6.26. The first kappa shape index (κ1) is 10.8. The minimum atomic E-state index is -0.332. The van der Waals surface area contributed by atoms with Crippen molar-refractivity contribution in [1.82, 2.24) is 15.3 Å². The van der Waals surface area contributed by atoms with Crippen LogP contribution < -0.4 is 5.32 Å². The first-order valence-electron chi connectivity index (χ1n) is 6.26. The van der Waals surface area contributed by atoms with Crippen LogP contribution in [0, 0.1) is 5.82 Å². The molecule has 1 aliphatic heterocycles. The van der Waals surface area contributed by atoms with Gasteiger partial charge < -0.3 is 14.7 Å². The number of H-pyrrole nitrogens is 1. The molecule has 3 heterocycles. The van der Waals surface area contributed by atoms with Gasteiger partial charge >= 0.3 is 0 Å². The molecule has 2 aromatic heterocycles. The summed E-state index contributed by atoms with van der Waals surface area (Å²) in [5.41, 5.74) is 2.36. The average molecular weight is 257 g/mol. The second-order valence-electron chi connectivity index (χ2n) is 4.71. The largest absolute Gasteiger partial charge is 0.456 e. The number of aromatic nitrogens is 2. The van der Waals surface area contributed by atoms with Gasteiger partial charge in [-0.15, -0.1) is 0 Å². The van der Waals surface area contributed by atoms with E-state index in [1.807, 2.05) is 12.1 Å². The van der Waals surface area contributed by atoms with Gasteiger partial charge in [-0.1, -0.05) is 12.1 Å². The Morgan fingerprint density at radius 3 is 3.21 bits per heavy atom. The summed E-state index contributed by atoms with van der Waals surface area (Å²) in [7, 11) is 0. The predicted molar refractivity (Wildman–Crippen MR) is 68.3 cm³/mol. The molecule has 3 aromatic rings. The van der Waals surface area contributed by atoms with Gasteiger partial charge in [-0.3, -0.25) is 0 Å². The van der Waals surface area contributed by atoms with Crippen molar-refractivity contribution in [3.63, 3.8) is 0 Å². The number of halogens is 1. The Balaban J connectivity index is 1.86. The zero-order valence-corrected chi connectivity index (χ0v) is 10.1. The van der Waals surface area contributed by atoms with Gasteiger partial charge in [0, 0.05) is 24.0 Å². The Morgan fingerprint density at radius 1 is 1.37 bits per heavy atom. The van der Waals surface area contributed by atoms with Crippen LogP contribution in [-0.4, -0.2) is 16.5 Å². The summed E-state index contributed by atoms with van der Waals surface area (Å²) < 4.78 is 19.3. The van der Waals surface area contributed by atoms with E-state index in [0.29, 0.717) is 11.3 Å². The molecule has 0 saturated carbocycles. The third kappa shape index (κ3) is 1.58. The lowest BCUT2D eigenvalue weighted by Gasteiger charge is -2.20. The smallest absolute Gasteiger partial charge is 0.169 e. The number of nitrogens with one attached hydrogen (secondary N) is 2. The third-order valence-corrected chi connectivity index (χ3v) is 3.55. The zero-order chi connectivity index (χ0) is 12.8. The molecule has 4 nitrogen and oxygen atoms in total. The van der Waals surface area contributed by atoms with E-state index < -0.39 is 0 Å². The van der Waals surface area contributed by atoms with Crippen molar-refractivity contribution in [3.05, 3.63) is 53.6 Å². The molecule has 1 atom stereocenters. The summed E-state index contributed by atoms with van der Waals surface area (Å²) >= 11 is 0. The Bertz CT molecular complexity index is 746. The zero-order valence-electron chi connectivity index (χ0n) is 10.1. The Hall–Kier alpha value is -2.14. The fourth-order valence-electron chi connectivity index (χ4n) is 2.64. The molecule has 4 rings (SSSR count). The fourth-order valence-corrected chi connectivity index (χ4v) is 2.64. The molecule has 1 aliphatic rings. The quantitative estimate of drug-likeness (QED) is 0.704. The van der Waals surface area contributed by atoms with Crippen molar-refractivity contribution in [2.75, 3.05) is 6.54 Å². The predicted octanol–water partition coefficient (Wildman–Crippen LogP) is 2.53. The first-order chi connectivity index (χ1) is 9.33. The van der Waals surface area contributed by atoms with Crippen LogP contribution in [0.25, 0.3) is 11.0 Å². The standard InChI is InChI=1S/C14H12FN3O/c15-9-3-1-2-8-6-11(19-14(8)9)13-12-10(4-5-16-13)17-7-18-12/h1-3,6-7,13,16H,4-5H2,(H,17,18). The maximum absolute atomic E-state index is 13.7. The Kier molecular flexibility index (Phi) is 2.22. The number of hydrogen-bond acceptors (Lipinski definition) is 3. The van der Waals surface area contributed by atoms with Gasteiger partial charge in [0.05, 0.1) is 12.0 Å². The van der Waals surface area contributed by atoms with Crippen molar-refractivity contribution in [3.8, 4) is 0 Å². The van der Waals surface area contributed by atoms with Crippen LogP contribution in [0.5, 0.6) is 0 Å². The van der Waals surface area contributed by atoms with Crippen molar-refractivity contribution in [2.24, 2.45) is 0 Å². The van der Waals surface area contributed by atoms with Gasteiger partial charge in [0.2, 0.25) is 0 Å². The number of hydrogen-bond donors (Lipinski definition) is 2. The fraction of sp³-hybridized carbons (Fsp3) is 0.214. The highest BCUT2D eigenvalue weighted by Gasteiger charge is 2.26. The minimum Gasteiger partial charge on any atom is -0.456 e. The molecule has 96 valence electrons. The van der Waals surface area contributed by atoms with E-state index in [4.69, 9.17) is 4.42 Å². The molecule has 0 saturated heterocycles. The molecule has 0 amide bonds. The Labute approximate surface area is 108 Å². The van der Waals surface area contributed by atoms with Gasteiger partial charge in [0.1, 0.15) is 11.8 Å². The van der Waals surface area contributed by atoms with E-state index in [0.717, 1.165) is 29.7 Å². The Morgan fingerprint density at radius 2 is 2.32 bits per heavy atom. The summed E-state index contributed by atoms with van der Waals surface area (Å²) in [4.78, 5) is 7.47. The molecular formula is C14H12FN3O. The molecule has 1 aromatic carbocycles. The number of fused-ring (bicyclic) bond motifs is 2. The second kappa shape index (κ2) is 3.93. The number of aromatic amines is 1. The summed E-state index contributed by atoms with van der Waals surface area (Å²) in [5, 5.41) is 4.14. The van der Waals surface area contributed by atoms with Crippen LogP contribution in [0.3, 0.4) is 0 Å². The third-order valence-electron chi connectivity index (χ3n) is 3.55. The number of rotatable bonds is 1. The summed E-state index contributed by atoms with van der Waals surface area (Å²) in [6.45, 7) is 0.847. The molecule has 0 radical (unpaired) electrons. The van der Waals surface area contributed by atoms with Crippen LogP contribution in [-0.2, 0) is 6.42 Å². The lowest BCUT2D eigenvalue weighted by molar-refractivity contribution is 0.441. The second-order valence-corrected chi connectivity index (χ2v) is 4.71. The number of nitrogens with zero attached hydrogens (tertiary/aromatic N) is 1. The molecule has 0 aliphatic carbocycles. The van der Waals surface area contributed by atoms with Crippen LogP contribution in [0.1, 0.15) is 23.2 Å². The van der Waals surface area contributed by atoms with Gasteiger partial charge in [0.15, 0.2) is 11.4 Å². The monoisotopic (exact) mass is 257 g/mol. The van der Waals surface area contributed by atoms with Crippen molar-refractivity contribution < 1.29 is 8.81 Å². The SMILES string of the molecule is Fc1cccc2cc(C3NCCc4[nH]cnc43)oc12. The molecule has 1 unspecified atom stereocenters. The highest BCUT2D eigenvalue weighted by molar-refractivity contribution is 5.78. The molecule has 0 spiro atoms. The van der Waals surface area contributed by atoms with Gasteiger partial charge in [-0.2, -0.15) is 0 Å². The average Bonchev–Trinajstić information content (AvgIpc) is 3.05.